The van der Waals surface area contributed by atoms with E-state index in [9.17, 15) is 9.59 Å². The van der Waals surface area contributed by atoms with Crippen molar-refractivity contribution >= 4 is 28.1 Å². The van der Waals surface area contributed by atoms with Gasteiger partial charge >= 0.3 is 0 Å². The molecule has 4 aromatic rings. The topological polar surface area (TPSA) is 94.1 Å². The SMILES string of the molecule is O=C(Cn1cnc2ccccc2c1=O)N1CC(c2nc(-c3cccs3)no2)C1. The van der Waals surface area contributed by atoms with Crippen LogP contribution in [0.25, 0.3) is 21.6 Å². The molecule has 1 aliphatic heterocycles. The largest absolute Gasteiger partial charge is 0.339 e. The highest BCUT2D eigenvalue weighted by atomic mass is 32.1. The third-order valence-corrected chi connectivity index (χ3v) is 5.67. The summed E-state index contributed by atoms with van der Waals surface area (Å²) in [5, 5.41) is 6.47. The lowest BCUT2D eigenvalue weighted by Crippen LogP contribution is -2.50. The predicted octanol–water partition coefficient (Wildman–Crippen LogP) is 2.13. The molecule has 1 aliphatic rings. The lowest BCUT2D eigenvalue weighted by molar-refractivity contribution is -0.136. The molecule has 4 heterocycles. The minimum Gasteiger partial charge on any atom is -0.339 e. The van der Waals surface area contributed by atoms with Crippen molar-refractivity contribution < 1.29 is 9.32 Å². The molecule has 28 heavy (non-hydrogen) atoms. The maximum atomic E-state index is 12.5. The van der Waals surface area contributed by atoms with Crippen LogP contribution in [0, 0.1) is 0 Å². The van der Waals surface area contributed by atoms with E-state index in [4.69, 9.17) is 4.52 Å². The lowest BCUT2D eigenvalue weighted by atomic mass is 10.00. The van der Waals surface area contributed by atoms with Crippen LogP contribution in [-0.2, 0) is 11.3 Å². The van der Waals surface area contributed by atoms with Gasteiger partial charge in [0.15, 0.2) is 0 Å². The quantitative estimate of drug-likeness (QED) is 0.527. The Morgan fingerprint density at radius 3 is 2.89 bits per heavy atom. The van der Waals surface area contributed by atoms with Gasteiger partial charge in [-0.1, -0.05) is 23.4 Å². The Kier molecular flexibility index (Phi) is 4.01. The van der Waals surface area contributed by atoms with Gasteiger partial charge in [0.25, 0.3) is 5.56 Å². The monoisotopic (exact) mass is 393 g/mol. The van der Waals surface area contributed by atoms with Gasteiger partial charge in [0, 0.05) is 13.1 Å². The molecule has 3 aromatic heterocycles. The second-order valence-corrected chi connectivity index (χ2v) is 7.57. The number of amides is 1. The fourth-order valence-corrected chi connectivity index (χ4v) is 3.86. The number of thiophene rings is 1. The maximum absolute atomic E-state index is 12.5. The predicted molar refractivity (Wildman–Crippen MR) is 103 cm³/mol. The Bertz CT molecular complexity index is 1210. The van der Waals surface area contributed by atoms with Crippen molar-refractivity contribution in [1.82, 2.24) is 24.6 Å². The highest BCUT2D eigenvalue weighted by molar-refractivity contribution is 7.13. The molecule has 5 rings (SSSR count). The van der Waals surface area contributed by atoms with E-state index in [-0.39, 0.29) is 23.9 Å². The number of aromatic nitrogens is 4. The zero-order valence-corrected chi connectivity index (χ0v) is 15.5. The van der Waals surface area contributed by atoms with Crippen LogP contribution in [0.2, 0.25) is 0 Å². The summed E-state index contributed by atoms with van der Waals surface area (Å²) in [5.41, 5.74) is 0.409. The van der Waals surface area contributed by atoms with Gasteiger partial charge in [-0.2, -0.15) is 4.98 Å². The summed E-state index contributed by atoms with van der Waals surface area (Å²) in [6, 6.07) is 11.0. The molecule has 1 fully saturated rings. The molecular weight excluding hydrogens is 378 g/mol. The standard InChI is InChI=1S/C19H15N5O3S/c25-16(10-24-11-20-14-5-2-1-4-13(14)19(24)26)23-8-12(9-23)18-21-17(22-27-18)15-6-3-7-28-15/h1-7,11-12H,8-10H2. The van der Waals surface area contributed by atoms with Crippen molar-refractivity contribution in [2.75, 3.05) is 13.1 Å². The number of likely N-dealkylation sites (tertiary alicyclic amines) is 1. The summed E-state index contributed by atoms with van der Waals surface area (Å²) in [6.07, 6.45) is 1.42. The molecule has 0 aliphatic carbocycles. The first kappa shape index (κ1) is 16.8. The number of carbonyl (C=O) groups is 1. The molecule has 0 saturated carbocycles. The molecule has 0 atom stereocenters. The smallest absolute Gasteiger partial charge is 0.261 e. The van der Waals surface area contributed by atoms with Crippen LogP contribution in [0.3, 0.4) is 0 Å². The molecule has 1 amide bonds. The molecule has 140 valence electrons. The van der Waals surface area contributed by atoms with Crippen molar-refractivity contribution in [1.29, 1.82) is 0 Å². The molecule has 0 N–H and O–H groups in total. The summed E-state index contributed by atoms with van der Waals surface area (Å²) < 4.78 is 6.70. The molecule has 8 nitrogen and oxygen atoms in total. The van der Waals surface area contributed by atoms with Gasteiger partial charge in [0.2, 0.25) is 17.6 Å². The Labute approximate surface area is 163 Å². The van der Waals surface area contributed by atoms with Gasteiger partial charge in [-0.25, -0.2) is 4.98 Å². The fraction of sp³-hybridized carbons (Fsp3) is 0.211. The first-order chi connectivity index (χ1) is 13.7. The van der Waals surface area contributed by atoms with E-state index in [1.807, 2.05) is 23.6 Å². The number of nitrogens with zero attached hydrogens (tertiary/aromatic N) is 5. The minimum atomic E-state index is -0.214. The second kappa shape index (κ2) is 6.68. The van der Waals surface area contributed by atoms with E-state index in [2.05, 4.69) is 15.1 Å². The van der Waals surface area contributed by atoms with Crippen molar-refractivity contribution in [2.45, 2.75) is 12.5 Å². The molecular formula is C19H15N5O3S. The number of fused-ring (bicyclic) bond motifs is 1. The van der Waals surface area contributed by atoms with Gasteiger partial charge in [-0.15, -0.1) is 11.3 Å². The van der Waals surface area contributed by atoms with Crippen molar-refractivity contribution in [3.63, 3.8) is 0 Å². The van der Waals surface area contributed by atoms with E-state index in [0.29, 0.717) is 35.7 Å². The Balaban J connectivity index is 1.25. The number of rotatable bonds is 4. The lowest BCUT2D eigenvalue weighted by Gasteiger charge is -2.37. The van der Waals surface area contributed by atoms with Crippen LogP contribution in [-0.4, -0.2) is 43.6 Å². The first-order valence-electron chi connectivity index (χ1n) is 8.78. The Morgan fingerprint density at radius 2 is 2.07 bits per heavy atom. The highest BCUT2D eigenvalue weighted by Crippen LogP contribution is 2.29. The number of hydrogen-bond acceptors (Lipinski definition) is 7. The van der Waals surface area contributed by atoms with Gasteiger partial charge in [0.05, 0.1) is 28.0 Å². The molecule has 1 aromatic carbocycles. The molecule has 0 spiro atoms. The Hall–Kier alpha value is -3.33. The second-order valence-electron chi connectivity index (χ2n) is 6.62. The summed E-state index contributed by atoms with van der Waals surface area (Å²) in [6.45, 7) is 0.967. The van der Waals surface area contributed by atoms with Crippen LogP contribution in [0.1, 0.15) is 11.8 Å². The number of para-hydroxylation sites is 1. The number of benzene rings is 1. The van der Waals surface area contributed by atoms with Crippen LogP contribution >= 0.6 is 11.3 Å². The van der Waals surface area contributed by atoms with Crippen LogP contribution < -0.4 is 5.56 Å². The summed E-state index contributed by atoms with van der Waals surface area (Å²) in [4.78, 5) is 36.3. The third kappa shape index (κ3) is 2.89. The van der Waals surface area contributed by atoms with E-state index in [1.165, 1.54) is 10.9 Å². The van der Waals surface area contributed by atoms with Gasteiger partial charge < -0.3 is 9.42 Å². The van der Waals surface area contributed by atoms with Crippen molar-refractivity contribution in [3.05, 3.63) is 64.4 Å². The third-order valence-electron chi connectivity index (χ3n) is 4.80. The maximum Gasteiger partial charge on any atom is 0.261 e. The number of carbonyl (C=O) groups excluding carboxylic acids is 1. The molecule has 9 heteroatoms. The first-order valence-corrected chi connectivity index (χ1v) is 9.66. The van der Waals surface area contributed by atoms with Crippen molar-refractivity contribution in [2.24, 2.45) is 0 Å². The zero-order chi connectivity index (χ0) is 19.1. The average Bonchev–Trinajstić information content (AvgIpc) is 3.35. The van der Waals surface area contributed by atoms with Crippen LogP contribution in [0.4, 0.5) is 0 Å². The molecule has 0 unspecified atom stereocenters. The van der Waals surface area contributed by atoms with Crippen molar-refractivity contribution in [3.8, 4) is 10.7 Å². The van der Waals surface area contributed by atoms with Crippen LogP contribution in [0.5, 0.6) is 0 Å². The fourth-order valence-electron chi connectivity index (χ4n) is 3.21. The van der Waals surface area contributed by atoms with Crippen LogP contribution in [0.15, 0.2) is 57.4 Å². The summed E-state index contributed by atoms with van der Waals surface area (Å²) in [7, 11) is 0. The van der Waals surface area contributed by atoms with E-state index < -0.39 is 0 Å². The summed E-state index contributed by atoms with van der Waals surface area (Å²) >= 11 is 1.55. The minimum absolute atomic E-state index is 0.0246. The molecule has 1 saturated heterocycles. The van der Waals surface area contributed by atoms with E-state index in [1.54, 1.807) is 34.4 Å². The average molecular weight is 393 g/mol. The summed E-state index contributed by atoms with van der Waals surface area (Å²) in [5.74, 6) is 1.01. The zero-order valence-electron chi connectivity index (χ0n) is 14.7. The molecule has 0 bridgehead atoms. The highest BCUT2D eigenvalue weighted by Gasteiger charge is 2.35. The van der Waals surface area contributed by atoms with E-state index in [0.717, 1.165) is 4.88 Å². The van der Waals surface area contributed by atoms with Gasteiger partial charge in [0.1, 0.15) is 6.54 Å². The number of hydrogen-bond donors (Lipinski definition) is 0. The van der Waals surface area contributed by atoms with Gasteiger partial charge in [-0.3, -0.25) is 14.2 Å². The Morgan fingerprint density at radius 1 is 1.21 bits per heavy atom. The normalized spacial score (nSPS) is 14.4. The van der Waals surface area contributed by atoms with E-state index >= 15 is 0 Å². The molecule has 0 radical (unpaired) electrons. The van der Waals surface area contributed by atoms with Gasteiger partial charge in [-0.05, 0) is 23.6 Å².